The molecule has 152 valence electrons. The standard InChI is InChI=1S/C22H16ClN3OS.C2H6/c1-14-17-6-2-3-7-18(17)22(27)21(20(14)23)25-15-9-11-16(12-10-15)28-26-19-8-4-5-13-24-19;1-2/h2-13,25H,1H2,(H,24,26);1-2H3. The number of hydrogen-bond acceptors (Lipinski definition) is 5. The van der Waals surface area contributed by atoms with Gasteiger partial charge in [0.1, 0.15) is 11.5 Å². The Kier molecular flexibility index (Phi) is 7.33. The molecule has 0 fully saturated rings. The second-order valence-corrected chi connectivity index (χ2v) is 7.37. The molecule has 1 aliphatic carbocycles. The van der Waals surface area contributed by atoms with Crippen LogP contribution in [0.5, 0.6) is 0 Å². The summed E-state index contributed by atoms with van der Waals surface area (Å²) < 4.78 is 3.18. The number of halogens is 1. The molecule has 1 aromatic heterocycles. The number of carbonyl (C=O) groups excluding carboxylic acids is 1. The molecule has 0 amide bonds. The smallest absolute Gasteiger partial charge is 0.211 e. The summed E-state index contributed by atoms with van der Waals surface area (Å²) in [6.07, 6.45) is 1.74. The molecule has 0 saturated carbocycles. The van der Waals surface area contributed by atoms with Crippen LogP contribution >= 0.6 is 23.5 Å². The number of fused-ring (bicyclic) bond motifs is 1. The number of allylic oxidation sites excluding steroid dienone is 3. The molecule has 0 spiro atoms. The van der Waals surface area contributed by atoms with E-state index < -0.39 is 0 Å². The van der Waals surface area contributed by atoms with Crippen molar-refractivity contribution in [2.45, 2.75) is 18.7 Å². The summed E-state index contributed by atoms with van der Waals surface area (Å²) in [6.45, 7) is 8.03. The van der Waals surface area contributed by atoms with Crippen molar-refractivity contribution in [2.75, 3.05) is 10.0 Å². The van der Waals surface area contributed by atoms with Gasteiger partial charge in [-0.1, -0.05) is 62.4 Å². The number of carbonyl (C=O) groups is 1. The minimum absolute atomic E-state index is 0.136. The van der Waals surface area contributed by atoms with Gasteiger partial charge < -0.3 is 10.0 Å². The largest absolute Gasteiger partial charge is 0.351 e. The summed E-state index contributed by atoms with van der Waals surface area (Å²) in [7, 11) is 0. The molecule has 0 atom stereocenters. The van der Waals surface area contributed by atoms with Gasteiger partial charge in [0.05, 0.1) is 5.03 Å². The van der Waals surface area contributed by atoms with Crippen LogP contribution in [0.15, 0.2) is 95.1 Å². The third kappa shape index (κ3) is 4.75. The Bertz CT molecular complexity index is 1080. The lowest BCUT2D eigenvalue weighted by Crippen LogP contribution is -2.19. The average Bonchev–Trinajstić information content (AvgIpc) is 2.82. The molecule has 4 rings (SSSR count). The van der Waals surface area contributed by atoms with Gasteiger partial charge >= 0.3 is 0 Å². The third-order valence-corrected chi connectivity index (χ3v) is 5.51. The molecule has 2 aromatic carbocycles. The summed E-state index contributed by atoms with van der Waals surface area (Å²) in [4.78, 5) is 18.1. The Balaban J connectivity index is 0.00000124. The van der Waals surface area contributed by atoms with Crippen LogP contribution in [0.25, 0.3) is 5.57 Å². The number of benzene rings is 2. The van der Waals surface area contributed by atoms with E-state index in [-0.39, 0.29) is 5.78 Å². The van der Waals surface area contributed by atoms with Crippen molar-refractivity contribution in [1.29, 1.82) is 0 Å². The molecule has 1 heterocycles. The zero-order valence-electron chi connectivity index (χ0n) is 16.8. The minimum Gasteiger partial charge on any atom is -0.351 e. The van der Waals surface area contributed by atoms with Crippen LogP contribution < -0.4 is 10.0 Å². The molecular formula is C24H22ClN3OS. The predicted molar refractivity (Wildman–Crippen MR) is 128 cm³/mol. The minimum atomic E-state index is -0.136. The maximum atomic E-state index is 12.8. The quantitative estimate of drug-likeness (QED) is 0.422. The maximum Gasteiger partial charge on any atom is 0.211 e. The van der Waals surface area contributed by atoms with Gasteiger partial charge in [-0.25, -0.2) is 4.98 Å². The van der Waals surface area contributed by atoms with E-state index in [9.17, 15) is 4.79 Å². The van der Waals surface area contributed by atoms with Crippen molar-refractivity contribution in [3.63, 3.8) is 0 Å². The van der Waals surface area contributed by atoms with Crippen LogP contribution in [-0.2, 0) is 0 Å². The lowest BCUT2D eigenvalue weighted by Gasteiger charge is -2.21. The fraction of sp³-hybridized carbons (Fsp3) is 0.0833. The molecule has 30 heavy (non-hydrogen) atoms. The number of pyridine rings is 1. The number of nitrogens with zero attached hydrogens (tertiary/aromatic N) is 1. The van der Waals surface area contributed by atoms with E-state index in [1.54, 1.807) is 12.3 Å². The SMILES string of the molecule is C=C1C(Cl)=C(Nc2ccc(SNc3ccccn3)cc2)C(=O)c2ccccc21.CC. The normalized spacial score (nSPS) is 12.6. The Morgan fingerprint density at radius 2 is 1.60 bits per heavy atom. The molecule has 1 aliphatic rings. The number of anilines is 2. The molecule has 0 radical (unpaired) electrons. The summed E-state index contributed by atoms with van der Waals surface area (Å²) in [5.74, 6) is 0.653. The van der Waals surface area contributed by atoms with Gasteiger partial charge in [-0.3, -0.25) is 4.79 Å². The molecule has 0 aliphatic heterocycles. The fourth-order valence-corrected chi connectivity index (χ4v) is 3.69. The van der Waals surface area contributed by atoms with Crippen LogP contribution in [0.4, 0.5) is 11.5 Å². The first-order chi connectivity index (χ1) is 14.6. The highest BCUT2D eigenvalue weighted by Crippen LogP contribution is 2.36. The van der Waals surface area contributed by atoms with E-state index in [0.29, 0.717) is 21.9 Å². The van der Waals surface area contributed by atoms with Gasteiger partial charge in [-0.2, -0.15) is 0 Å². The number of aromatic nitrogens is 1. The highest BCUT2D eigenvalue weighted by molar-refractivity contribution is 8.00. The van der Waals surface area contributed by atoms with Gasteiger partial charge in [-0.05, 0) is 59.5 Å². The third-order valence-electron chi connectivity index (χ3n) is 4.27. The molecular weight excluding hydrogens is 414 g/mol. The molecule has 2 N–H and O–H groups in total. The molecule has 0 saturated heterocycles. The van der Waals surface area contributed by atoms with Crippen LogP contribution in [0.3, 0.4) is 0 Å². The number of Topliss-reactive ketones (excluding diaryl/α,β-unsaturated/α-hetero) is 1. The molecule has 0 unspecified atom stereocenters. The monoisotopic (exact) mass is 435 g/mol. The van der Waals surface area contributed by atoms with Gasteiger partial charge in [0.15, 0.2) is 0 Å². The van der Waals surface area contributed by atoms with E-state index in [2.05, 4.69) is 21.6 Å². The zero-order chi connectivity index (χ0) is 21.5. The van der Waals surface area contributed by atoms with Crippen LogP contribution in [0.2, 0.25) is 0 Å². The Labute approximate surface area is 186 Å². The Morgan fingerprint density at radius 3 is 2.27 bits per heavy atom. The average molecular weight is 436 g/mol. The number of ketones is 1. The summed E-state index contributed by atoms with van der Waals surface area (Å²) in [5, 5.41) is 3.49. The predicted octanol–water partition coefficient (Wildman–Crippen LogP) is 7.00. The second kappa shape index (κ2) is 10.1. The van der Waals surface area contributed by atoms with Crippen molar-refractivity contribution < 1.29 is 4.79 Å². The first-order valence-electron chi connectivity index (χ1n) is 9.57. The fourth-order valence-electron chi connectivity index (χ4n) is 2.84. The van der Waals surface area contributed by atoms with E-state index in [1.807, 2.05) is 74.5 Å². The summed E-state index contributed by atoms with van der Waals surface area (Å²) in [6, 6.07) is 20.7. The van der Waals surface area contributed by atoms with Crippen LogP contribution in [0, 0.1) is 0 Å². The van der Waals surface area contributed by atoms with Crippen LogP contribution in [0.1, 0.15) is 29.8 Å². The van der Waals surface area contributed by atoms with E-state index in [4.69, 9.17) is 11.6 Å². The highest BCUT2D eigenvalue weighted by atomic mass is 35.5. The first kappa shape index (κ1) is 21.7. The van der Waals surface area contributed by atoms with Gasteiger partial charge in [0.25, 0.3) is 0 Å². The number of rotatable bonds is 5. The van der Waals surface area contributed by atoms with Crippen molar-refractivity contribution >= 4 is 46.4 Å². The molecule has 6 heteroatoms. The maximum absolute atomic E-state index is 12.8. The number of hydrogen-bond donors (Lipinski definition) is 2. The van der Waals surface area contributed by atoms with Crippen molar-refractivity contribution in [3.8, 4) is 0 Å². The van der Waals surface area contributed by atoms with Gasteiger partial charge in [0.2, 0.25) is 5.78 Å². The van der Waals surface area contributed by atoms with E-state index in [1.165, 1.54) is 11.9 Å². The molecule has 0 bridgehead atoms. The van der Waals surface area contributed by atoms with E-state index in [0.717, 1.165) is 22.0 Å². The summed E-state index contributed by atoms with van der Waals surface area (Å²) >= 11 is 7.89. The lowest BCUT2D eigenvalue weighted by atomic mass is 9.90. The molecule has 3 aromatic rings. The first-order valence-corrected chi connectivity index (χ1v) is 10.8. The van der Waals surface area contributed by atoms with E-state index >= 15 is 0 Å². The van der Waals surface area contributed by atoms with Gasteiger partial charge in [-0.15, -0.1) is 0 Å². The van der Waals surface area contributed by atoms with Crippen molar-refractivity contribution in [2.24, 2.45) is 0 Å². The Morgan fingerprint density at radius 1 is 0.933 bits per heavy atom. The number of nitrogens with one attached hydrogen (secondary N) is 2. The van der Waals surface area contributed by atoms with Crippen molar-refractivity contribution in [1.82, 2.24) is 4.98 Å². The van der Waals surface area contributed by atoms with Crippen LogP contribution in [-0.4, -0.2) is 10.8 Å². The lowest BCUT2D eigenvalue weighted by molar-refractivity contribution is 0.103. The topological polar surface area (TPSA) is 54.0 Å². The Hall–Kier alpha value is -3.02. The highest BCUT2D eigenvalue weighted by Gasteiger charge is 2.27. The molecule has 4 nitrogen and oxygen atoms in total. The summed E-state index contributed by atoms with van der Waals surface area (Å²) in [5.41, 5.74) is 3.14. The van der Waals surface area contributed by atoms with Crippen molar-refractivity contribution in [3.05, 3.63) is 101 Å². The van der Waals surface area contributed by atoms with Gasteiger partial charge in [0, 0.05) is 22.3 Å². The second-order valence-electron chi connectivity index (χ2n) is 6.11. The zero-order valence-corrected chi connectivity index (χ0v) is 18.3.